The van der Waals surface area contributed by atoms with Gasteiger partial charge in [-0.05, 0) is 31.3 Å². The molecule has 0 aliphatic rings. The number of ketones is 1. The molecule has 0 N–H and O–H groups in total. The number of rotatable bonds is 8. The van der Waals surface area contributed by atoms with Crippen LogP contribution in [-0.4, -0.2) is 24.6 Å². The van der Waals surface area contributed by atoms with Crippen LogP contribution in [0.15, 0.2) is 24.3 Å². The number of ether oxygens (including phenoxy) is 1. The number of carbonyl (C=O) groups excluding carboxylic acids is 3. The average molecular weight is 262 g/mol. The number of allylic oxidation sites excluding steroid dienone is 2. The predicted octanol–water partition coefficient (Wildman–Crippen LogP) is 1.99. The molecule has 0 saturated heterocycles. The molecule has 4 heteroatoms. The largest absolute Gasteiger partial charge is 0.461 e. The fraction of sp³-hybridized carbons (Fsp3) is 0.400. The van der Waals surface area contributed by atoms with Gasteiger partial charge < -0.3 is 4.74 Å². The molecule has 0 unspecified atom stereocenters. The molecule has 0 aliphatic carbocycles. The summed E-state index contributed by atoms with van der Waals surface area (Å²) in [6, 6.07) is 0. The lowest BCUT2D eigenvalue weighted by atomic mass is 10.1. The van der Waals surface area contributed by atoms with E-state index in [0.29, 0.717) is 24.7 Å². The molecule has 0 rings (SSSR count). The Bertz CT molecular complexity index is 421. The van der Waals surface area contributed by atoms with Gasteiger partial charge in [-0.1, -0.05) is 24.7 Å². The molecule has 0 aromatic carbocycles. The van der Waals surface area contributed by atoms with Crippen LogP contribution in [0.5, 0.6) is 0 Å². The summed E-state index contributed by atoms with van der Waals surface area (Å²) in [5, 5.41) is 0. The third kappa shape index (κ3) is 9.54. The summed E-state index contributed by atoms with van der Waals surface area (Å²) in [4.78, 5) is 32.7. The highest BCUT2D eigenvalue weighted by atomic mass is 16.5. The van der Waals surface area contributed by atoms with Crippen LogP contribution in [0.3, 0.4) is 0 Å². The van der Waals surface area contributed by atoms with Crippen LogP contribution < -0.4 is 0 Å². The van der Waals surface area contributed by atoms with E-state index in [1.54, 1.807) is 13.0 Å². The summed E-state index contributed by atoms with van der Waals surface area (Å²) in [5.74, 6) is 4.21. The van der Waals surface area contributed by atoms with E-state index in [1.807, 2.05) is 0 Å². The summed E-state index contributed by atoms with van der Waals surface area (Å²) >= 11 is 0. The van der Waals surface area contributed by atoms with Crippen LogP contribution in [0.4, 0.5) is 0 Å². The van der Waals surface area contributed by atoms with Gasteiger partial charge in [0.2, 0.25) is 0 Å². The van der Waals surface area contributed by atoms with Crippen molar-refractivity contribution >= 4 is 18.0 Å². The number of hydrogen-bond acceptors (Lipinski definition) is 4. The molecule has 0 fully saturated rings. The first-order valence-electron chi connectivity index (χ1n) is 6.00. The smallest absolute Gasteiger partial charge is 0.313 e. The van der Waals surface area contributed by atoms with Gasteiger partial charge in [0.15, 0.2) is 12.1 Å². The lowest BCUT2D eigenvalue weighted by Crippen LogP contribution is -2.12. The molecule has 0 saturated carbocycles. The zero-order chi connectivity index (χ0) is 14.5. The second-order valence-electron chi connectivity index (χ2n) is 3.79. The normalized spacial score (nSPS) is 10.1. The quantitative estimate of drug-likeness (QED) is 0.128. The van der Waals surface area contributed by atoms with E-state index < -0.39 is 5.97 Å². The van der Waals surface area contributed by atoms with E-state index in [4.69, 9.17) is 4.74 Å². The maximum Gasteiger partial charge on any atom is 0.313 e. The van der Waals surface area contributed by atoms with Crippen LogP contribution in [0, 0.1) is 11.8 Å². The molecule has 19 heavy (non-hydrogen) atoms. The summed E-state index contributed by atoms with van der Waals surface area (Å²) in [7, 11) is 0. The first-order valence-corrected chi connectivity index (χ1v) is 6.00. The molecule has 102 valence electrons. The third-order valence-electron chi connectivity index (χ3n) is 2.22. The van der Waals surface area contributed by atoms with Gasteiger partial charge in [-0.15, -0.1) is 0 Å². The first kappa shape index (κ1) is 16.9. The molecular weight excluding hydrogens is 244 g/mol. The van der Waals surface area contributed by atoms with Gasteiger partial charge in [0.1, 0.15) is 13.0 Å². The van der Waals surface area contributed by atoms with Crippen LogP contribution >= 0.6 is 0 Å². The van der Waals surface area contributed by atoms with Crippen molar-refractivity contribution < 1.29 is 19.1 Å². The fourth-order valence-electron chi connectivity index (χ4n) is 1.21. The minimum atomic E-state index is -0.547. The van der Waals surface area contributed by atoms with Crippen molar-refractivity contribution in [1.82, 2.24) is 0 Å². The Morgan fingerprint density at radius 2 is 2.11 bits per heavy atom. The maximum atomic E-state index is 11.6. The summed E-state index contributed by atoms with van der Waals surface area (Å²) in [6.07, 6.45) is 5.59. The van der Waals surface area contributed by atoms with Crippen LogP contribution in [0.1, 0.15) is 32.6 Å². The first-order chi connectivity index (χ1) is 9.11. The number of Topliss-reactive ketones (excluding diaryl/α,β-unsaturated/α-hetero) is 1. The van der Waals surface area contributed by atoms with Crippen LogP contribution in [0.2, 0.25) is 0 Å². The van der Waals surface area contributed by atoms with Gasteiger partial charge >= 0.3 is 5.97 Å². The van der Waals surface area contributed by atoms with Crippen LogP contribution in [0.25, 0.3) is 0 Å². The highest BCUT2D eigenvalue weighted by Crippen LogP contribution is 2.05. The maximum absolute atomic E-state index is 11.6. The summed E-state index contributed by atoms with van der Waals surface area (Å²) < 4.78 is 4.73. The fourth-order valence-corrected chi connectivity index (χ4v) is 1.21. The molecular formula is C15H18O4. The molecule has 0 bridgehead atoms. The molecule has 0 atom stereocenters. The highest BCUT2D eigenvalue weighted by Gasteiger charge is 2.11. The number of aldehydes is 1. The average Bonchev–Trinajstić information content (AvgIpc) is 2.40. The van der Waals surface area contributed by atoms with Gasteiger partial charge in [0.05, 0.1) is 0 Å². The van der Waals surface area contributed by atoms with Crippen molar-refractivity contribution in [1.29, 1.82) is 0 Å². The Morgan fingerprint density at radius 3 is 2.74 bits per heavy atom. The standard InChI is InChI=1S/C15H18O4/c1-3-11-19-15(18)12-14(17)13(2)9-7-5-4-6-8-10-16/h3,9-10H,1,4-5,7,11-12H2,2H3/b13-9+. The van der Waals surface area contributed by atoms with Gasteiger partial charge in [-0.3, -0.25) is 14.4 Å². The number of esters is 1. The second-order valence-corrected chi connectivity index (χ2v) is 3.79. The van der Waals surface area contributed by atoms with E-state index in [9.17, 15) is 14.4 Å². The van der Waals surface area contributed by atoms with Crippen molar-refractivity contribution in [2.75, 3.05) is 6.61 Å². The van der Waals surface area contributed by atoms with Gasteiger partial charge in [-0.2, -0.15) is 0 Å². The highest BCUT2D eigenvalue weighted by molar-refractivity contribution is 6.05. The molecule has 4 nitrogen and oxygen atoms in total. The van der Waals surface area contributed by atoms with Gasteiger partial charge in [0, 0.05) is 6.42 Å². The minimum absolute atomic E-state index is 0.115. The molecule has 0 aromatic heterocycles. The minimum Gasteiger partial charge on any atom is -0.461 e. The monoisotopic (exact) mass is 262 g/mol. The van der Waals surface area contributed by atoms with E-state index in [2.05, 4.69) is 18.4 Å². The van der Waals surface area contributed by atoms with E-state index in [1.165, 1.54) is 6.08 Å². The summed E-state index contributed by atoms with van der Waals surface area (Å²) in [5.41, 5.74) is 0.541. The Morgan fingerprint density at radius 1 is 1.37 bits per heavy atom. The molecule has 0 spiro atoms. The number of hydrogen-bond donors (Lipinski definition) is 0. The Labute approximate surface area is 113 Å². The second kappa shape index (κ2) is 11.0. The van der Waals surface area contributed by atoms with Crippen molar-refractivity contribution in [3.05, 3.63) is 24.3 Å². The topological polar surface area (TPSA) is 60.4 Å². The molecule has 0 aliphatic heterocycles. The lowest BCUT2D eigenvalue weighted by Gasteiger charge is -2.02. The van der Waals surface area contributed by atoms with Crippen molar-refractivity contribution in [2.24, 2.45) is 0 Å². The van der Waals surface area contributed by atoms with Crippen LogP contribution in [-0.2, 0) is 19.1 Å². The molecule has 0 heterocycles. The number of unbranched alkanes of at least 4 members (excludes halogenated alkanes) is 2. The van der Waals surface area contributed by atoms with E-state index >= 15 is 0 Å². The number of carbonyl (C=O) groups is 3. The Kier molecular flexibility index (Phi) is 9.73. The Balaban J connectivity index is 4.00. The summed E-state index contributed by atoms with van der Waals surface area (Å²) in [6.45, 7) is 5.19. The Hall–Kier alpha value is -2.15. The lowest BCUT2D eigenvalue weighted by molar-refractivity contribution is -0.144. The van der Waals surface area contributed by atoms with E-state index in [0.717, 1.165) is 6.42 Å². The van der Waals surface area contributed by atoms with Gasteiger partial charge in [0.25, 0.3) is 0 Å². The zero-order valence-corrected chi connectivity index (χ0v) is 11.1. The SMILES string of the molecule is C=CCOC(=O)CC(=O)/C(C)=C/CCCC#CC=O. The molecule has 0 amide bonds. The molecule has 0 aromatic rings. The predicted molar refractivity (Wildman–Crippen MR) is 72.2 cm³/mol. The van der Waals surface area contributed by atoms with Gasteiger partial charge in [-0.25, -0.2) is 0 Å². The zero-order valence-electron chi connectivity index (χ0n) is 11.1. The van der Waals surface area contributed by atoms with Crippen molar-refractivity contribution in [3.63, 3.8) is 0 Å². The van der Waals surface area contributed by atoms with Crippen molar-refractivity contribution in [3.8, 4) is 11.8 Å². The molecule has 0 radical (unpaired) electrons. The van der Waals surface area contributed by atoms with Crippen molar-refractivity contribution in [2.45, 2.75) is 32.6 Å². The third-order valence-corrected chi connectivity index (χ3v) is 2.22. The van der Waals surface area contributed by atoms with E-state index in [-0.39, 0.29) is 18.8 Å².